The summed E-state index contributed by atoms with van der Waals surface area (Å²) in [5, 5.41) is 3.10. The van der Waals surface area contributed by atoms with E-state index in [1.165, 1.54) is 0 Å². The summed E-state index contributed by atoms with van der Waals surface area (Å²) in [7, 11) is 0. The topological polar surface area (TPSA) is 38.7 Å². The van der Waals surface area contributed by atoms with Crippen LogP contribution in [0.25, 0.3) is 0 Å². The fourth-order valence-electron chi connectivity index (χ4n) is 0.779. The first-order valence-electron chi connectivity index (χ1n) is 3.66. The standard InChI is InChI=1S/C9H8FNO2/c10-9(13-11-6-7-12)8-4-2-1-3-5-8/h1-7,9H. The fraction of sp³-hybridized carbons (Fsp3) is 0.111. The molecule has 1 aromatic rings. The Labute approximate surface area is 74.8 Å². The Hall–Kier alpha value is -1.71. The van der Waals surface area contributed by atoms with E-state index in [0.717, 1.165) is 6.21 Å². The summed E-state index contributed by atoms with van der Waals surface area (Å²) < 4.78 is 13.0. The van der Waals surface area contributed by atoms with Crippen molar-refractivity contribution in [2.75, 3.05) is 0 Å². The molecular formula is C9H8FNO2. The van der Waals surface area contributed by atoms with Gasteiger partial charge in [-0.05, 0) is 0 Å². The lowest BCUT2D eigenvalue weighted by atomic mass is 10.2. The number of aldehydes is 1. The molecule has 0 saturated carbocycles. The lowest BCUT2D eigenvalue weighted by molar-refractivity contribution is -0.102. The van der Waals surface area contributed by atoms with Crippen molar-refractivity contribution in [1.29, 1.82) is 0 Å². The molecule has 13 heavy (non-hydrogen) atoms. The van der Waals surface area contributed by atoms with Gasteiger partial charge in [0.05, 0.1) is 0 Å². The Morgan fingerprint density at radius 1 is 1.38 bits per heavy atom. The van der Waals surface area contributed by atoms with Crippen LogP contribution in [-0.4, -0.2) is 12.5 Å². The number of oxime groups is 1. The molecule has 0 N–H and O–H groups in total. The van der Waals surface area contributed by atoms with E-state index in [2.05, 4.69) is 9.99 Å². The maximum atomic E-state index is 13.0. The average Bonchev–Trinajstić information content (AvgIpc) is 2.19. The van der Waals surface area contributed by atoms with Crippen LogP contribution in [0.4, 0.5) is 4.39 Å². The Morgan fingerprint density at radius 2 is 2.08 bits per heavy atom. The number of alkyl halides is 1. The van der Waals surface area contributed by atoms with Crippen LogP contribution in [-0.2, 0) is 9.63 Å². The molecule has 0 aliphatic rings. The van der Waals surface area contributed by atoms with Crippen molar-refractivity contribution < 1.29 is 14.0 Å². The average molecular weight is 181 g/mol. The van der Waals surface area contributed by atoms with Gasteiger partial charge in [0.25, 0.3) is 6.36 Å². The number of rotatable bonds is 4. The SMILES string of the molecule is O=CC=NOC(F)c1ccccc1. The minimum absolute atomic E-state index is 0.366. The minimum atomic E-state index is -1.63. The summed E-state index contributed by atoms with van der Waals surface area (Å²) in [5.41, 5.74) is 0.366. The van der Waals surface area contributed by atoms with Gasteiger partial charge < -0.3 is 4.84 Å². The summed E-state index contributed by atoms with van der Waals surface area (Å²) in [6.07, 6.45) is -0.370. The van der Waals surface area contributed by atoms with Gasteiger partial charge in [0, 0.05) is 5.56 Å². The molecule has 0 aliphatic heterocycles. The van der Waals surface area contributed by atoms with Gasteiger partial charge in [-0.2, -0.15) is 4.39 Å². The number of hydrogen-bond donors (Lipinski definition) is 0. The molecule has 0 aromatic heterocycles. The highest BCUT2D eigenvalue weighted by Crippen LogP contribution is 2.17. The molecule has 68 valence electrons. The van der Waals surface area contributed by atoms with E-state index in [4.69, 9.17) is 0 Å². The zero-order chi connectivity index (χ0) is 9.52. The lowest BCUT2D eigenvalue weighted by Crippen LogP contribution is -1.93. The second-order valence-electron chi connectivity index (χ2n) is 2.22. The van der Waals surface area contributed by atoms with Crippen LogP contribution < -0.4 is 0 Å². The third-order valence-electron chi connectivity index (χ3n) is 1.34. The molecule has 1 aromatic carbocycles. The zero-order valence-electron chi connectivity index (χ0n) is 6.76. The highest BCUT2D eigenvalue weighted by molar-refractivity contribution is 6.12. The number of halogens is 1. The van der Waals surface area contributed by atoms with Crippen LogP contribution in [0.2, 0.25) is 0 Å². The minimum Gasteiger partial charge on any atom is -0.353 e. The number of hydrogen-bond acceptors (Lipinski definition) is 3. The monoisotopic (exact) mass is 181 g/mol. The number of carbonyl (C=O) groups is 1. The second kappa shape index (κ2) is 5.03. The molecule has 0 aliphatic carbocycles. The quantitative estimate of drug-likeness (QED) is 0.404. The van der Waals surface area contributed by atoms with Gasteiger partial charge in [0.2, 0.25) is 0 Å². The number of benzene rings is 1. The molecule has 0 fully saturated rings. The van der Waals surface area contributed by atoms with E-state index >= 15 is 0 Å². The van der Waals surface area contributed by atoms with Crippen LogP contribution in [0.1, 0.15) is 11.9 Å². The Bertz CT molecular complexity index is 287. The highest BCUT2D eigenvalue weighted by atomic mass is 19.1. The van der Waals surface area contributed by atoms with Crippen molar-refractivity contribution in [2.45, 2.75) is 6.36 Å². The predicted octanol–water partition coefficient (Wildman–Crippen LogP) is 1.86. The van der Waals surface area contributed by atoms with Crippen molar-refractivity contribution in [3.8, 4) is 0 Å². The first kappa shape index (κ1) is 9.38. The van der Waals surface area contributed by atoms with E-state index in [9.17, 15) is 9.18 Å². The summed E-state index contributed by atoms with van der Waals surface area (Å²) in [6, 6.07) is 8.29. The second-order valence-corrected chi connectivity index (χ2v) is 2.22. The van der Waals surface area contributed by atoms with Crippen LogP contribution in [0.5, 0.6) is 0 Å². The number of nitrogens with zero attached hydrogens (tertiary/aromatic N) is 1. The van der Waals surface area contributed by atoms with Crippen LogP contribution in [0.15, 0.2) is 35.5 Å². The predicted molar refractivity (Wildman–Crippen MR) is 45.9 cm³/mol. The van der Waals surface area contributed by atoms with Crippen molar-refractivity contribution in [2.24, 2.45) is 5.16 Å². The molecule has 0 heterocycles. The normalized spacial score (nSPS) is 12.7. The molecule has 0 saturated heterocycles. The third kappa shape index (κ3) is 3.02. The van der Waals surface area contributed by atoms with Crippen LogP contribution in [0, 0.1) is 0 Å². The fourth-order valence-corrected chi connectivity index (χ4v) is 0.779. The van der Waals surface area contributed by atoms with Crippen LogP contribution in [0.3, 0.4) is 0 Å². The van der Waals surface area contributed by atoms with Gasteiger partial charge in [-0.15, -0.1) is 0 Å². The Kier molecular flexibility index (Phi) is 3.63. The summed E-state index contributed by atoms with van der Waals surface area (Å²) in [6.45, 7) is 0. The van der Waals surface area contributed by atoms with Crippen molar-refractivity contribution >= 4 is 12.5 Å². The Morgan fingerprint density at radius 3 is 2.69 bits per heavy atom. The van der Waals surface area contributed by atoms with Crippen molar-refractivity contribution in [1.82, 2.24) is 0 Å². The molecule has 0 bridgehead atoms. The van der Waals surface area contributed by atoms with Crippen molar-refractivity contribution in [3.05, 3.63) is 35.9 Å². The van der Waals surface area contributed by atoms with E-state index in [1.807, 2.05) is 0 Å². The third-order valence-corrected chi connectivity index (χ3v) is 1.34. The molecule has 4 heteroatoms. The molecule has 1 rings (SSSR count). The molecule has 3 nitrogen and oxygen atoms in total. The smallest absolute Gasteiger partial charge is 0.289 e. The van der Waals surface area contributed by atoms with E-state index < -0.39 is 6.36 Å². The Balaban J connectivity index is 2.53. The van der Waals surface area contributed by atoms with Gasteiger partial charge in [0.1, 0.15) is 6.21 Å². The first-order valence-corrected chi connectivity index (χ1v) is 3.66. The van der Waals surface area contributed by atoms with E-state index in [0.29, 0.717) is 11.8 Å². The van der Waals surface area contributed by atoms with Crippen molar-refractivity contribution in [3.63, 3.8) is 0 Å². The molecule has 0 radical (unpaired) electrons. The van der Waals surface area contributed by atoms with Gasteiger partial charge in [0.15, 0.2) is 6.29 Å². The van der Waals surface area contributed by atoms with Gasteiger partial charge >= 0.3 is 0 Å². The van der Waals surface area contributed by atoms with Gasteiger partial charge in [-0.25, -0.2) is 0 Å². The number of carbonyl (C=O) groups excluding carboxylic acids is 1. The molecular weight excluding hydrogens is 173 g/mol. The van der Waals surface area contributed by atoms with Gasteiger partial charge in [-0.1, -0.05) is 35.5 Å². The van der Waals surface area contributed by atoms with E-state index in [1.54, 1.807) is 30.3 Å². The van der Waals surface area contributed by atoms with Gasteiger partial charge in [-0.3, -0.25) is 4.79 Å². The maximum absolute atomic E-state index is 13.0. The van der Waals surface area contributed by atoms with Crippen LogP contribution >= 0.6 is 0 Å². The lowest BCUT2D eigenvalue weighted by Gasteiger charge is -2.04. The summed E-state index contributed by atoms with van der Waals surface area (Å²) >= 11 is 0. The first-order chi connectivity index (χ1) is 6.34. The largest absolute Gasteiger partial charge is 0.353 e. The summed E-state index contributed by atoms with van der Waals surface area (Å²) in [4.78, 5) is 14.1. The summed E-state index contributed by atoms with van der Waals surface area (Å²) in [5.74, 6) is 0. The molecule has 1 unspecified atom stereocenters. The van der Waals surface area contributed by atoms with E-state index in [-0.39, 0.29) is 0 Å². The molecule has 1 atom stereocenters. The molecule has 0 amide bonds. The molecule has 0 spiro atoms. The zero-order valence-corrected chi connectivity index (χ0v) is 6.76. The maximum Gasteiger partial charge on any atom is 0.289 e. The highest BCUT2D eigenvalue weighted by Gasteiger charge is 2.07.